The van der Waals surface area contributed by atoms with E-state index in [2.05, 4.69) is 10.3 Å². The van der Waals surface area contributed by atoms with Gasteiger partial charge in [-0.25, -0.2) is 4.39 Å². The Kier molecular flexibility index (Phi) is 3.64. The van der Waals surface area contributed by atoms with E-state index in [-0.39, 0.29) is 5.82 Å². The topological polar surface area (TPSA) is 34.1 Å². The summed E-state index contributed by atoms with van der Waals surface area (Å²) in [6.45, 7) is 2.20. The summed E-state index contributed by atoms with van der Waals surface area (Å²) in [5.74, 6) is -0.310. The van der Waals surface area contributed by atoms with Crippen LogP contribution in [0.2, 0.25) is 0 Å². The molecule has 0 aromatic carbocycles. The van der Waals surface area contributed by atoms with Crippen molar-refractivity contribution in [3.8, 4) is 0 Å². The molecule has 0 saturated carbocycles. The summed E-state index contributed by atoms with van der Waals surface area (Å²) < 4.78 is 18.3. The standard InChI is InChI=1S/C11H15FN2O/c12-10-4-9(5-13-6-10)7-15-8-11-2-1-3-14-11/h4-6,11,14H,1-3,7-8H2. The fourth-order valence-electron chi connectivity index (χ4n) is 1.75. The van der Waals surface area contributed by atoms with E-state index in [4.69, 9.17) is 4.74 Å². The molecule has 1 unspecified atom stereocenters. The Bertz CT molecular complexity index is 313. The van der Waals surface area contributed by atoms with Gasteiger partial charge in [0.25, 0.3) is 0 Å². The average Bonchev–Trinajstić information content (AvgIpc) is 2.71. The van der Waals surface area contributed by atoms with Gasteiger partial charge < -0.3 is 10.1 Å². The lowest BCUT2D eigenvalue weighted by Crippen LogP contribution is -2.26. The Hall–Kier alpha value is -1.00. The van der Waals surface area contributed by atoms with Crippen molar-refractivity contribution in [2.75, 3.05) is 13.2 Å². The molecule has 0 aliphatic carbocycles. The van der Waals surface area contributed by atoms with Crippen LogP contribution in [0, 0.1) is 5.82 Å². The first-order chi connectivity index (χ1) is 7.34. The van der Waals surface area contributed by atoms with Gasteiger partial charge in [0.05, 0.1) is 19.4 Å². The van der Waals surface area contributed by atoms with Crippen LogP contribution in [0.4, 0.5) is 4.39 Å². The fourth-order valence-corrected chi connectivity index (χ4v) is 1.75. The van der Waals surface area contributed by atoms with Crippen LogP contribution in [-0.4, -0.2) is 24.2 Å². The quantitative estimate of drug-likeness (QED) is 0.817. The lowest BCUT2D eigenvalue weighted by molar-refractivity contribution is 0.103. The van der Waals surface area contributed by atoms with Crippen LogP contribution in [0.3, 0.4) is 0 Å². The normalized spacial score (nSPS) is 20.7. The molecule has 2 heterocycles. The van der Waals surface area contributed by atoms with E-state index < -0.39 is 0 Å². The third-order valence-corrected chi connectivity index (χ3v) is 2.51. The highest BCUT2D eigenvalue weighted by molar-refractivity contribution is 5.08. The maximum atomic E-state index is 12.8. The second kappa shape index (κ2) is 5.19. The molecule has 1 aromatic rings. The molecular weight excluding hydrogens is 195 g/mol. The van der Waals surface area contributed by atoms with Crippen molar-refractivity contribution in [1.82, 2.24) is 10.3 Å². The van der Waals surface area contributed by atoms with E-state index in [1.54, 1.807) is 6.20 Å². The van der Waals surface area contributed by atoms with E-state index in [1.165, 1.54) is 25.1 Å². The lowest BCUT2D eigenvalue weighted by atomic mass is 10.2. The number of halogens is 1. The van der Waals surface area contributed by atoms with Crippen LogP contribution in [0.25, 0.3) is 0 Å². The van der Waals surface area contributed by atoms with Crippen molar-refractivity contribution in [2.45, 2.75) is 25.5 Å². The van der Waals surface area contributed by atoms with Crippen molar-refractivity contribution in [1.29, 1.82) is 0 Å². The fraction of sp³-hybridized carbons (Fsp3) is 0.545. The van der Waals surface area contributed by atoms with Gasteiger partial charge in [0, 0.05) is 12.2 Å². The first-order valence-corrected chi connectivity index (χ1v) is 5.25. The van der Waals surface area contributed by atoms with Gasteiger partial charge in [-0.05, 0) is 31.0 Å². The number of aromatic nitrogens is 1. The predicted molar refractivity (Wildman–Crippen MR) is 54.9 cm³/mol. The molecule has 0 bridgehead atoms. The van der Waals surface area contributed by atoms with Gasteiger partial charge in [0.2, 0.25) is 0 Å². The Morgan fingerprint density at radius 2 is 2.47 bits per heavy atom. The molecule has 0 amide bonds. The van der Waals surface area contributed by atoms with Gasteiger partial charge in [-0.1, -0.05) is 0 Å². The molecule has 1 aromatic heterocycles. The van der Waals surface area contributed by atoms with Gasteiger partial charge in [-0.15, -0.1) is 0 Å². The van der Waals surface area contributed by atoms with Crippen LogP contribution < -0.4 is 5.32 Å². The minimum absolute atomic E-state index is 0.310. The highest BCUT2D eigenvalue weighted by Gasteiger charge is 2.13. The SMILES string of the molecule is Fc1cncc(COCC2CCCN2)c1. The van der Waals surface area contributed by atoms with E-state index in [0.717, 1.165) is 12.1 Å². The smallest absolute Gasteiger partial charge is 0.141 e. The molecule has 1 atom stereocenters. The zero-order chi connectivity index (χ0) is 10.5. The number of pyridine rings is 1. The lowest BCUT2D eigenvalue weighted by Gasteiger charge is -2.10. The van der Waals surface area contributed by atoms with E-state index in [1.807, 2.05) is 0 Å². The summed E-state index contributed by atoms with van der Waals surface area (Å²) in [6.07, 6.45) is 5.21. The number of hydrogen-bond acceptors (Lipinski definition) is 3. The molecule has 15 heavy (non-hydrogen) atoms. The maximum Gasteiger partial charge on any atom is 0.141 e. The maximum absolute atomic E-state index is 12.8. The number of rotatable bonds is 4. The van der Waals surface area contributed by atoms with E-state index in [9.17, 15) is 4.39 Å². The molecule has 82 valence electrons. The first kappa shape index (κ1) is 10.5. The van der Waals surface area contributed by atoms with Gasteiger partial charge in [0.1, 0.15) is 5.82 Å². The van der Waals surface area contributed by atoms with Crippen LogP contribution in [-0.2, 0) is 11.3 Å². The largest absolute Gasteiger partial charge is 0.375 e. The molecule has 0 spiro atoms. The molecule has 1 fully saturated rings. The van der Waals surface area contributed by atoms with E-state index >= 15 is 0 Å². The Balaban J connectivity index is 1.73. The number of nitrogens with zero attached hydrogens (tertiary/aromatic N) is 1. The molecule has 1 saturated heterocycles. The second-order valence-electron chi connectivity index (χ2n) is 3.82. The third-order valence-electron chi connectivity index (χ3n) is 2.51. The predicted octanol–water partition coefficient (Wildman–Crippen LogP) is 1.49. The molecule has 1 N–H and O–H groups in total. The van der Waals surface area contributed by atoms with Gasteiger partial charge in [0.15, 0.2) is 0 Å². The summed E-state index contributed by atoms with van der Waals surface area (Å²) in [5, 5.41) is 3.34. The van der Waals surface area contributed by atoms with Crippen molar-refractivity contribution < 1.29 is 9.13 Å². The Morgan fingerprint density at radius 3 is 3.20 bits per heavy atom. The first-order valence-electron chi connectivity index (χ1n) is 5.25. The van der Waals surface area contributed by atoms with E-state index in [0.29, 0.717) is 19.3 Å². The van der Waals surface area contributed by atoms with Crippen molar-refractivity contribution >= 4 is 0 Å². The van der Waals surface area contributed by atoms with Gasteiger partial charge >= 0.3 is 0 Å². The summed E-state index contributed by atoms with van der Waals surface area (Å²) in [4.78, 5) is 3.76. The van der Waals surface area contributed by atoms with Crippen LogP contribution in [0.15, 0.2) is 18.5 Å². The molecule has 1 aliphatic rings. The number of hydrogen-bond donors (Lipinski definition) is 1. The Morgan fingerprint density at radius 1 is 1.53 bits per heavy atom. The zero-order valence-electron chi connectivity index (χ0n) is 8.58. The number of nitrogens with one attached hydrogen (secondary N) is 1. The van der Waals surface area contributed by atoms with Crippen LogP contribution in [0.1, 0.15) is 18.4 Å². The molecule has 4 heteroatoms. The summed E-state index contributed by atoms with van der Waals surface area (Å²) in [5.41, 5.74) is 0.785. The molecule has 0 radical (unpaired) electrons. The minimum Gasteiger partial charge on any atom is -0.375 e. The monoisotopic (exact) mass is 210 g/mol. The minimum atomic E-state index is -0.310. The molecule has 3 nitrogen and oxygen atoms in total. The van der Waals surface area contributed by atoms with Crippen molar-refractivity contribution in [3.05, 3.63) is 29.8 Å². The summed E-state index contributed by atoms with van der Waals surface area (Å²) in [6, 6.07) is 1.92. The highest BCUT2D eigenvalue weighted by Crippen LogP contribution is 2.07. The average molecular weight is 210 g/mol. The molecular formula is C11H15FN2O. The summed E-state index contributed by atoms with van der Waals surface area (Å²) in [7, 11) is 0. The van der Waals surface area contributed by atoms with Gasteiger partial charge in [-0.2, -0.15) is 0 Å². The van der Waals surface area contributed by atoms with Crippen LogP contribution >= 0.6 is 0 Å². The van der Waals surface area contributed by atoms with Gasteiger partial charge in [-0.3, -0.25) is 4.98 Å². The zero-order valence-corrected chi connectivity index (χ0v) is 8.58. The Labute approximate surface area is 88.7 Å². The van der Waals surface area contributed by atoms with Crippen molar-refractivity contribution in [2.24, 2.45) is 0 Å². The molecule has 2 rings (SSSR count). The molecule has 1 aliphatic heterocycles. The van der Waals surface area contributed by atoms with Crippen LogP contribution in [0.5, 0.6) is 0 Å². The summed E-state index contributed by atoms with van der Waals surface area (Å²) >= 11 is 0. The highest BCUT2D eigenvalue weighted by atomic mass is 19.1. The third kappa shape index (κ3) is 3.25. The number of ether oxygens (including phenoxy) is 1. The van der Waals surface area contributed by atoms with Crippen molar-refractivity contribution in [3.63, 3.8) is 0 Å². The second-order valence-corrected chi connectivity index (χ2v) is 3.82.